The third-order valence-corrected chi connectivity index (χ3v) is 4.88. The molecular formula is C24H22N+. The van der Waals surface area contributed by atoms with E-state index in [9.17, 15) is 0 Å². The summed E-state index contributed by atoms with van der Waals surface area (Å²) < 4.78 is 2.23. The monoisotopic (exact) mass is 324 g/mol. The van der Waals surface area contributed by atoms with Crippen molar-refractivity contribution in [1.82, 2.24) is 0 Å². The van der Waals surface area contributed by atoms with Crippen molar-refractivity contribution in [2.24, 2.45) is 7.05 Å². The maximum absolute atomic E-state index is 2.29. The third-order valence-electron chi connectivity index (χ3n) is 4.88. The van der Waals surface area contributed by atoms with Gasteiger partial charge in [0.25, 0.3) is 0 Å². The van der Waals surface area contributed by atoms with E-state index >= 15 is 0 Å². The van der Waals surface area contributed by atoms with Crippen LogP contribution < -0.4 is 4.57 Å². The molecule has 4 aromatic rings. The zero-order valence-corrected chi connectivity index (χ0v) is 15.0. The van der Waals surface area contributed by atoms with Crippen LogP contribution in [0, 0.1) is 13.8 Å². The molecule has 4 rings (SSSR count). The molecule has 0 spiro atoms. The second-order valence-corrected chi connectivity index (χ2v) is 6.76. The summed E-state index contributed by atoms with van der Waals surface area (Å²) in [7, 11) is 2.13. The van der Waals surface area contributed by atoms with Crippen LogP contribution in [0.3, 0.4) is 0 Å². The molecule has 0 atom stereocenters. The van der Waals surface area contributed by atoms with Gasteiger partial charge in [-0.3, -0.25) is 0 Å². The number of benzene rings is 3. The number of pyridine rings is 1. The average molecular weight is 324 g/mol. The summed E-state index contributed by atoms with van der Waals surface area (Å²) >= 11 is 0. The second kappa shape index (κ2) is 6.18. The molecule has 1 nitrogen and oxygen atoms in total. The zero-order valence-electron chi connectivity index (χ0n) is 15.0. The van der Waals surface area contributed by atoms with Gasteiger partial charge in [-0.05, 0) is 48.1 Å². The van der Waals surface area contributed by atoms with Gasteiger partial charge in [-0.2, -0.15) is 0 Å². The van der Waals surface area contributed by atoms with Crippen molar-refractivity contribution in [1.29, 1.82) is 0 Å². The Morgan fingerprint density at radius 1 is 0.720 bits per heavy atom. The van der Waals surface area contributed by atoms with E-state index < -0.39 is 0 Å². The van der Waals surface area contributed by atoms with Gasteiger partial charge in [0.2, 0.25) is 5.69 Å². The molecule has 0 N–H and O–H groups in total. The van der Waals surface area contributed by atoms with Crippen molar-refractivity contribution in [2.75, 3.05) is 0 Å². The van der Waals surface area contributed by atoms with Gasteiger partial charge >= 0.3 is 0 Å². The normalized spacial score (nSPS) is 11.0. The molecule has 25 heavy (non-hydrogen) atoms. The molecule has 1 heterocycles. The molecule has 0 saturated carbocycles. The van der Waals surface area contributed by atoms with Gasteiger partial charge < -0.3 is 0 Å². The predicted octanol–water partition coefficient (Wildman–Crippen LogP) is 5.62. The molecule has 0 fully saturated rings. The van der Waals surface area contributed by atoms with E-state index in [4.69, 9.17) is 0 Å². The molecule has 1 heteroatoms. The minimum atomic E-state index is 1.26. The van der Waals surface area contributed by atoms with Gasteiger partial charge in [0.15, 0.2) is 6.20 Å². The molecule has 0 unspecified atom stereocenters. The largest absolute Gasteiger partial charge is 0.220 e. The summed E-state index contributed by atoms with van der Waals surface area (Å²) in [5.41, 5.74) is 7.68. The highest BCUT2D eigenvalue weighted by Gasteiger charge is 2.17. The van der Waals surface area contributed by atoms with Crippen molar-refractivity contribution in [3.8, 4) is 22.4 Å². The summed E-state index contributed by atoms with van der Waals surface area (Å²) in [5.74, 6) is 0. The highest BCUT2D eigenvalue weighted by Crippen LogP contribution is 2.31. The van der Waals surface area contributed by atoms with E-state index in [1.807, 2.05) is 0 Å². The van der Waals surface area contributed by atoms with E-state index in [1.54, 1.807) is 0 Å². The van der Waals surface area contributed by atoms with E-state index in [-0.39, 0.29) is 0 Å². The first kappa shape index (κ1) is 15.6. The van der Waals surface area contributed by atoms with Crippen LogP contribution in [0.1, 0.15) is 11.1 Å². The summed E-state index contributed by atoms with van der Waals surface area (Å²) in [5, 5.41) is 2.59. The summed E-state index contributed by atoms with van der Waals surface area (Å²) in [6.07, 6.45) is 2.15. The molecule has 1 aromatic heterocycles. The summed E-state index contributed by atoms with van der Waals surface area (Å²) in [6, 6.07) is 26.2. The van der Waals surface area contributed by atoms with Crippen LogP contribution in [-0.2, 0) is 7.05 Å². The molecule has 0 bridgehead atoms. The molecule has 0 aliphatic rings. The van der Waals surface area contributed by atoms with Gasteiger partial charge in [0.05, 0.1) is 5.39 Å². The van der Waals surface area contributed by atoms with Gasteiger partial charge in [-0.1, -0.05) is 60.2 Å². The number of aryl methyl sites for hydroxylation is 3. The molecule has 0 saturated heterocycles. The fraction of sp³-hybridized carbons (Fsp3) is 0.125. The Hall–Kier alpha value is -2.93. The SMILES string of the molecule is Cc1ccc2cc[n+](C)c(-c3ccc(-c4ccccc4)cc3C)c2c1. The minimum absolute atomic E-state index is 1.26. The first-order valence-corrected chi connectivity index (χ1v) is 8.69. The zero-order chi connectivity index (χ0) is 17.4. The Balaban J connectivity index is 1.92. The lowest BCUT2D eigenvalue weighted by Gasteiger charge is -2.10. The van der Waals surface area contributed by atoms with Crippen LogP contribution in [0.2, 0.25) is 0 Å². The number of rotatable bonds is 2. The van der Waals surface area contributed by atoms with Crippen LogP contribution in [0.15, 0.2) is 79.0 Å². The van der Waals surface area contributed by atoms with Gasteiger partial charge in [-0.15, -0.1) is 0 Å². The lowest BCUT2D eigenvalue weighted by molar-refractivity contribution is -0.659. The van der Waals surface area contributed by atoms with E-state index in [2.05, 4.69) is 104 Å². The summed E-state index contributed by atoms with van der Waals surface area (Å²) in [4.78, 5) is 0. The van der Waals surface area contributed by atoms with E-state index in [0.29, 0.717) is 0 Å². The van der Waals surface area contributed by atoms with Crippen molar-refractivity contribution in [3.05, 3.63) is 90.1 Å². The smallest absolute Gasteiger partial charge is 0.200 e. The lowest BCUT2D eigenvalue weighted by Crippen LogP contribution is -2.30. The standard InChI is InChI=1S/C24H22N/c1-17-9-10-20-13-14-25(3)24(23(20)15-17)22-12-11-21(16-18(22)2)19-7-5-4-6-8-19/h4-16H,1-3H3/q+1. The van der Waals surface area contributed by atoms with Crippen molar-refractivity contribution in [2.45, 2.75) is 13.8 Å². The average Bonchev–Trinajstić information content (AvgIpc) is 2.63. The molecule has 3 aromatic carbocycles. The lowest BCUT2D eigenvalue weighted by atomic mass is 9.95. The molecule has 0 radical (unpaired) electrons. The Morgan fingerprint density at radius 2 is 1.52 bits per heavy atom. The molecule has 0 aliphatic carbocycles. The highest BCUT2D eigenvalue weighted by molar-refractivity contribution is 5.94. The molecular weight excluding hydrogens is 302 g/mol. The second-order valence-electron chi connectivity index (χ2n) is 6.76. The number of fused-ring (bicyclic) bond motifs is 1. The van der Waals surface area contributed by atoms with Gasteiger partial charge in [-0.25, -0.2) is 4.57 Å². The topological polar surface area (TPSA) is 3.88 Å². The maximum atomic E-state index is 2.29. The van der Waals surface area contributed by atoms with Crippen molar-refractivity contribution < 1.29 is 4.57 Å². The van der Waals surface area contributed by atoms with Crippen LogP contribution in [0.4, 0.5) is 0 Å². The maximum Gasteiger partial charge on any atom is 0.220 e. The fourth-order valence-corrected chi connectivity index (χ4v) is 3.55. The van der Waals surface area contributed by atoms with Gasteiger partial charge in [0.1, 0.15) is 7.05 Å². The molecule has 122 valence electrons. The fourth-order valence-electron chi connectivity index (χ4n) is 3.55. The third kappa shape index (κ3) is 2.83. The quantitative estimate of drug-likeness (QED) is 0.422. The Kier molecular flexibility index (Phi) is 3.85. The number of hydrogen-bond donors (Lipinski definition) is 0. The van der Waals surface area contributed by atoms with Crippen molar-refractivity contribution in [3.63, 3.8) is 0 Å². The number of hydrogen-bond acceptors (Lipinski definition) is 0. The predicted molar refractivity (Wildman–Crippen MR) is 105 cm³/mol. The highest BCUT2D eigenvalue weighted by atomic mass is 14.9. The minimum Gasteiger partial charge on any atom is -0.200 e. The Labute approximate surface area is 149 Å². The summed E-state index contributed by atoms with van der Waals surface area (Å²) in [6.45, 7) is 4.36. The Bertz CT molecular complexity index is 1060. The van der Waals surface area contributed by atoms with Crippen molar-refractivity contribution >= 4 is 10.8 Å². The molecule has 0 amide bonds. The number of aromatic nitrogens is 1. The van der Waals surface area contributed by atoms with E-state index in [1.165, 1.54) is 44.3 Å². The first-order chi connectivity index (χ1) is 12.1. The molecule has 0 aliphatic heterocycles. The van der Waals surface area contributed by atoms with E-state index in [0.717, 1.165) is 0 Å². The van der Waals surface area contributed by atoms with Gasteiger partial charge in [0, 0.05) is 11.6 Å². The first-order valence-electron chi connectivity index (χ1n) is 8.69. The number of nitrogens with zero attached hydrogens (tertiary/aromatic N) is 1. The van der Waals surface area contributed by atoms with Crippen LogP contribution in [0.5, 0.6) is 0 Å². The van der Waals surface area contributed by atoms with Crippen LogP contribution in [0.25, 0.3) is 33.2 Å². The van der Waals surface area contributed by atoms with Crippen LogP contribution >= 0.6 is 0 Å². The van der Waals surface area contributed by atoms with Crippen LogP contribution in [-0.4, -0.2) is 0 Å². The Morgan fingerprint density at radius 3 is 2.28 bits per heavy atom.